The normalized spacial score (nSPS) is 20.6. The van der Waals surface area contributed by atoms with E-state index in [0.29, 0.717) is 26.2 Å². The highest BCUT2D eigenvalue weighted by Gasteiger charge is 2.36. The van der Waals surface area contributed by atoms with Crippen LogP contribution in [-0.4, -0.2) is 72.8 Å². The van der Waals surface area contributed by atoms with Crippen molar-refractivity contribution in [2.24, 2.45) is 5.92 Å². The third kappa shape index (κ3) is 4.40. The van der Waals surface area contributed by atoms with E-state index in [-0.39, 0.29) is 30.1 Å². The first kappa shape index (κ1) is 19.2. The van der Waals surface area contributed by atoms with Gasteiger partial charge in [0, 0.05) is 50.9 Å². The lowest BCUT2D eigenvalue weighted by Crippen LogP contribution is -2.59. The molecule has 1 aromatic rings. The molecule has 1 aromatic carbocycles. The lowest BCUT2D eigenvalue weighted by atomic mass is 10.0. The van der Waals surface area contributed by atoms with Gasteiger partial charge in [0.15, 0.2) is 0 Å². The maximum Gasteiger partial charge on any atom is 0.243 e. The fourth-order valence-corrected chi connectivity index (χ4v) is 3.66. The first-order valence-electron chi connectivity index (χ1n) is 9.63. The molecule has 0 spiro atoms. The summed E-state index contributed by atoms with van der Waals surface area (Å²) >= 11 is 0. The molecule has 2 heterocycles. The summed E-state index contributed by atoms with van der Waals surface area (Å²) in [6.07, 6.45) is 0.0512. The largest absolute Gasteiger partial charge is 0.368 e. The molecule has 0 aliphatic carbocycles. The highest BCUT2D eigenvalue weighted by Crippen LogP contribution is 2.18. The number of rotatable bonds is 4. The molecule has 27 heavy (non-hydrogen) atoms. The number of para-hydroxylation sites is 1. The van der Waals surface area contributed by atoms with E-state index in [1.54, 1.807) is 9.80 Å². The Morgan fingerprint density at radius 2 is 1.74 bits per heavy atom. The van der Waals surface area contributed by atoms with Crippen molar-refractivity contribution >= 4 is 23.4 Å². The number of nitrogens with zero attached hydrogens (tertiary/aromatic N) is 3. The van der Waals surface area contributed by atoms with E-state index in [4.69, 9.17) is 0 Å². The summed E-state index contributed by atoms with van der Waals surface area (Å²) in [7, 11) is 0. The molecule has 146 valence electrons. The van der Waals surface area contributed by atoms with Gasteiger partial charge < -0.3 is 20.0 Å². The van der Waals surface area contributed by atoms with Gasteiger partial charge in [0.05, 0.1) is 6.42 Å². The van der Waals surface area contributed by atoms with Crippen molar-refractivity contribution in [1.82, 2.24) is 15.1 Å². The van der Waals surface area contributed by atoms with Crippen LogP contribution in [0.1, 0.15) is 20.3 Å². The van der Waals surface area contributed by atoms with E-state index in [9.17, 15) is 14.4 Å². The molecular weight excluding hydrogens is 344 g/mol. The first-order valence-corrected chi connectivity index (χ1v) is 9.63. The molecule has 7 nitrogen and oxygen atoms in total. The lowest BCUT2D eigenvalue weighted by molar-refractivity contribution is -0.148. The van der Waals surface area contributed by atoms with Crippen molar-refractivity contribution in [2.75, 3.05) is 44.2 Å². The van der Waals surface area contributed by atoms with Crippen LogP contribution in [0.2, 0.25) is 0 Å². The number of nitrogens with one attached hydrogen (secondary N) is 1. The van der Waals surface area contributed by atoms with E-state index in [1.165, 1.54) is 0 Å². The van der Waals surface area contributed by atoms with Crippen LogP contribution in [0.3, 0.4) is 0 Å². The summed E-state index contributed by atoms with van der Waals surface area (Å²) in [6, 6.07) is 9.44. The van der Waals surface area contributed by atoms with Crippen molar-refractivity contribution in [1.29, 1.82) is 0 Å². The number of amides is 3. The quantitative estimate of drug-likeness (QED) is 0.845. The van der Waals surface area contributed by atoms with Crippen LogP contribution >= 0.6 is 0 Å². The van der Waals surface area contributed by atoms with Crippen molar-refractivity contribution < 1.29 is 14.4 Å². The van der Waals surface area contributed by atoms with Gasteiger partial charge in [-0.3, -0.25) is 14.4 Å². The molecule has 0 radical (unpaired) electrons. The Balaban J connectivity index is 1.59. The summed E-state index contributed by atoms with van der Waals surface area (Å²) in [5, 5.41) is 2.78. The third-order valence-electron chi connectivity index (χ3n) is 5.23. The molecule has 1 atom stereocenters. The summed E-state index contributed by atoms with van der Waals surface area (Å²) in [5.41, 5.74) is 1.16. The maximum absolute atomic E-state index is 12.8. The standard InChI is InChI=1S/C20H28N4O3/c1-15(2)20(27)24-9-8-21-19(26)17(24)14-18(25)23-12-10-22(11-13-23)16-6-4-3-5-7-16/h3-7,15,17H,8-14H2,1-2H3,(H,21,26)/t17-/m1/s1. The molecule has 2 aliphatic rings. The number of benzene rings is 1. The second kappa shape index (κ2) is 8.41. The molecule has 0 aromatic heterocycles. The Morgan fingerprint density at radius 1 is 1.07 bits per heavy atom. The van der Waals surface area contributed by atoms with E-state index in [1.807, 2.05) is 32.0 Å². The van der Waals surface area contributed by atoms with Crippen LogP contribution in [-0.2, 0) is 14.4 Å². The number of anilines is 1. The Hall–Kier alpha value is -2.57. The fraction of sp³-hybridized carbons (Fsp3) is 0.550. The average molecular weight is 372 g/mol. The smallest absolute Gasteiger partial charge is 0.243 e. The van der Waals surface area contributed by atoms with Gasteiger partial charge in [-0.05, 0) is 12.1 Å². The first-order chi connectivity index (χ1) is 13.0. The maximum atomic E-state index is 12.8. The minimum absolute atomic E-state index is 0.0512. The zero-order valence-electron chi connectivity index (χ0n) is 16.1. The van der Waals surface area contributed by atoms with E-state index >= 15 is 0 Å². The van der Waals surface area contributed by atoms with Crippen LogP contribution in [0.25, 0.3) is 0 Å². The number of carbonyl (C=O) groups excluding carboxylic acids is 3. The number of carbonyl (C=O) groups is 3. The summed E-state index contributed by atoms with van der Waals surface area (Å²) in [5.74, 6) is -0.558. The highest BCUT2D eigenvalue weighted by atomic mass is 16.2. The summed E-state index contributed by atoms with van der Waals surface area (Å²) < 4.78 is 0. The van der Waals surface area contributed by atoms with Crippen LogP contribution in [0.15, 0.2) is 30.3 Å². The Kier molecular flexibility index (Phi) is 5.98. The van der Waals surface area contributed by atoms with Crippen LogP contribution in [0.5, 0.6) is 0 Å². The molecule has 2 aliphatic heterocycles. The average Bonchev–Trinajstić information content (AvgIpc) is 2.69. The SMILES string of the molecule is CC(C)C(=O)N1CCNC(=O)[C@H]1CC(=O)N1CCN(c2ccccc2)CC1. The van der Waals surface area contributed by atoms with Gasteiger partial charge in [-0.1, -0.05) is 32.0 Å². The number of hydrogen-bond donors (Lipinski definition) is 1. The van der Waals surface area contributed by atoms with Crippen LogP contribution in [0, 0.1) is 5.92 Å². The molecule has 3 rings (SSSR count). The molecule has 1 N–H and O–H groups in total. The van der Waals surface area contributed by atoms with Gasteiger partial charge in [-0.15, -0.1) is 0 Å². The topological polar surface area (TPSA) is 73.0 Å². The van der Waals surface area contributed by atoms with Gasteiger partial charge >= 0.3 is 0 Å². The Labute approximate surface area is 160 Å². The second-order valence-corrected chi connectivity index (χ2v) is 7.40. The summed E-state index contributed by atoms with van der Waals surface area (Å²) in [4.78, 5) is 43.1. The molecule has 7 heteroatoms. The molecule has 2 saturated heterocycles. The molecule has 2 fully saturated rings. The van der Waals surface area contributed by atoms with E-state index in [2.05, 4.69) is 22.3 Å². The highest BCUT2D eigenvalue weighted by molar-refractivity contribution is 5.93. The van der Waals surface area contributed by atoms with Gasteiger partial charge in [-0.25, -0.2) is 0 Å². The van der Waals surface area contributed by atoms with Crippen molar-refractivity contribution in [3.8, 4) is 0 Å². The van der Waals surface area contributed by atoms with Gasteiger partial charge in [0.25, 0.3) is 0 Å². The summed E-state index contributed by atoms with van der Waals surface area (Å²) in [6.45, 7) is 7.32. The van der Waals surface area contributed by atoms with Gasteiger partial charge in [0.2, 0.25) is 17.7 Å². The number of piperazine rings is 2. The van der Waals surface area contributed by atoms with E-state index < -0.39 is 6.04 Å². The van der Waals surface area contributed by atoms with Crippen LogP contribution < -0.4 is 10.2 Å². The molecule has 0 unspecified atom stereocenters. The minimum Gasteiger partial charge on any atom is -0.368 e. The fourth-order valence-electron chi connectivity index (χ4n) is 3.66. The van der Waals surface area contributed by atoms with Crippen molar-refractivity contribution in [3.05, 3.63) is 30.3 Å². The van der Waals surface area contributed by atoms with Crippen LogP contribution in [0.4, 0.5) is 5.69 Å². The zero-order valence-corrected chi connectivity index (χ0v) is 16.1. The zero-order chi connectivity index (χ0) is 19.4. The number of hydrogen-bond acceptors (Lipinski definition) is 4. The lowest BCUT2D eigenvalue weighted by Gasteiger charge is -2.39. The molecule has 3 amide bonds. The van der Waals surface area contributed by atoms with E-state index in [0.717, 1.165) is 18.8 Å². The second-order valence-electron chi connectivity index (χ2n) is 7.40. The molecule has 0 saturated carbocycles. The Bertz CT molecular complexity index is 684. The monoisotopic (exact) mass is 372 g/mol. The predicted octanol–water partition coefficient (Wildman–Crippen LogP) is 0.708. The molecule has 0 bridgehead atoms. The van der Waals surface area contributed by atoms with Crippen molar-refractivity contribution in [2.45, 2.75) is 26.3 Å². The van der Waals surface area contributed by atoms with Crippen molar-refractivity contribution in [3.63, 3.8) is 0 Å². The minimum atomic E-state index is -0.701. The van der Waals surface area contributed by atoms with Gasteiger partial charge in [0.1, 0.15) is 6.04 Å². The van der Waals surface area contributed by atoms with Gasteiger partial charge in [-0.2, -0.15) is 0 Å². The Morgan fingerprint density at radius 3 is 2.37 bits per heavy atom. The predicted molar refractivity (Wildman–Crippen MR) is 103 cm³/mol. The third-order valence-corrected chi connectivity index (χ3v) is 5.23. The molecular formula is C20H28N4O3.